The molecule has 2 aliphatic heterocycles. The van der Waals surface area contributed by atoms with E-state index in [1.165, 1.54) is 12.1 Å². The van der Waals surface area contributed by atoms with Gasteiger partial charge >= 0.3 is 6.18 Å². The fourth-order valence-corrected chi connectivity index (χ4v) is 4.05. The second-order valence-electron chi connectivity index (χ2n) is 7.89. The minimum absolute atomic E-state index is 0.122. The van der Waals surface area contributed by atoms with Crippen molar-refractivity contribution in [3.8, 4) is 0 Å². The number of dihydropyridines is 1. The van der Waals surface area contributed by atoms with Crippen LogP contribution in [0.5, 0.6) is 0 Å². The van der Waals surface area contributed by atoms with E-state index < -0.39 is 11.7 Å². The molecule has 1 unspecified atom stereocenters. The summed E-state index contributed by atoms with van der Waals surface area (Å²) in [6.45, 7) is 2.88. The molecule has 1 aromatic rings. The molecule has 0 saturated carbocycles. The number of ether oxygens (including phenoxy) is 1. The van der Waals surface area contributed by atoms with Crippen molar-refractivity contribution in [2.24, 2.45) is 10.9 Å². The molecule has 0 radical (unpaired) electrons. The predicted octanol–water partition coefficient (Wildman–Crippen LogP) is 5.17. The van der Waals surface area contributed by atoms with Crippen LogP contribution in [-0.4, -0.2) is 35.6 Å². The average molecular weight is 418 g/mol. The Hall–Kier alpha value is -2.54. The zero-order chi connectivity index (χ0) is 21.1. The molecule has 3 aliphatic rings. The lowest BCUT2D eigenvalue weighted by Gasteiger charge is -2.29. The van der Waals surface area contributed by atoms with Gasteiger partial charge in [0.05, 0.1) is 17.9 Å². The number of fused-ring (bicyclic) bond motifs is 2. The highest BCUT2D eigenvalue weighted by molar-refractivity contribution is 5.89. The number of nitrogens with zero attached hydrogens (tertiary/aromatic N) is 2. The number of rotatable bonds is 5. The number of aliphatic hydroxyl groups excluding tert-OH is 1. The van der Waals surface area contributed by atoms with Crippen molar-refractivity contribution >= 4 is 5.90 Å². The first kappa shape index (κ1) is 20.7. The maximum absolute atomic E-state index is 12.9. The summed E-state index contributed by atoms with van der Waals surface area (Å²) in [5, 5.41) is 9.94. The van der Waals surface area contributed by atoms with Crippen LogP contribution in [0.3, 0.4) is 0 Å². The van der Waals surface area contributed by atoms with E-state index in [1.54, 1.807) is 12.1 Å². The van der Waals surface area contributed by atoms with Crippen LogP contribution < -0.4 is 0 Å². The topological polar surface area (TPSA) is 45.1 Å². The van der Waals surface area contributed by atoms with Gasteiger partial charge in [-0.25, -0.2) is 4.99 Å². The highest BCUT2D eigenvalue weighted by Crippen LogP contribution is 2.32. The number of alkyl halides is 3. The smallest absolute Gasteiger partial charge is 0.416 e. The lowest BCUT2D eigenvalue weighted by atomic mass is 9.94. The van der Waals surface area contributed by atoms with Gasteiger partial charge in [-0.15, -0.1) is 0 Å². The quantitative estimate of drug-likeness (QED) is 0.671. The van der Waals surface area contributed by atoms with Crippen molar-refractivity contribution in [1.29, 1.82) is 0 Å². The highest BCUT2D eigenvalue weighted by atomic mass is 19.4. The highest BCUT2D eigenvalue weighted by Gasteiger charge is 2.31. The largest absolute Gasteiger partial charge is 0.506 e. The Kier molecular flexibility index (Phi) is 5.99. The Morgan fingerprint density at radius 2 is 2.03 bits per heavy atom. The van der Waals surface area contributed by atoms with Crippen LogP contribution >= 0.6 is 0 Å². The van der Waals surface area contributed by atoms with E-state index in [0.717, 1.165) is 43.5 Å². The van der Waals surface area contributed by atoms with E-state index >= 15 is 0 Å². The Morgan fingerprint density at radius 3 is 2.87 bits per heavy atom. The molecular weight excluding hydrogens is 393 g/mol. The maximum atomic E-state index is 12.9. The summed E-state index contributed by atoms with van der Waals surface area (Å²) in [4.78, 5) is 6.69. The Bertz CT molecular complexity index is 916. The molecule has 0 bridgehead atoms. The summed E-state index contributed by atoms with van der Waals surface area (Å²) in [7, 11) is 0. The van der Waals surface area contributed by atoms with Crippen LogP contribution in [0, 0.1) is 5.92 Å². The van der Waals surface area contributed by atoms with Crippen LogP contribution in [0.2, 0.25) is 0 Å². The Balaban J connectivity index is 1.21. The molecule has 2 heterocycles. The number of halogens is 3. The summed E-state index contributed by atoms with van der Waals surface area (Å²) in [6, 6.07) is 4.08. The first-order valence-electron chi connectivity index (χ1n) is 10.3. The van der Waals surface area contributed by atoms with Crippen molar-refractivity contribution < 1.29 is 23.0 Å². The molecule has 7 heteroatoms. The van der Waals surface area contributed by atoms with Gasteiger partial charge in [0, 0.05) is 19.0 Å². The van der Waals surface area contributed by atoms with Crippen LogP contribution in [0.25, 0.3) is 0 Å². The number of aliphatic hydroxyl groups is 1. The van der Waals surface area contributed by atoms with Gasteiger partial charge in [0.2, 0.25) is 5.90 Å². The molecule has 4 nitrogen and oxygen atoms in total. The summed E-state index contributed by atoms with van der Waals surface area (Å²) in [5.41, 5.74) is 1.89. The third kappa shape index (κ3) is 4.78. The number of aliphatic imine (C=N–C) groups is 1. The van der Waals surface area contributed by atoms with Crippen molar-refractivity contribution in [3.63, 3.8) is 0 Å². The summed E-state index contributed by atoms with van der Waals surface area (Å²) < 4.78 is 44.3. The molecule has 0 spiro atoms. The predicted molar refractivity (Wildman–Crippen MR) is 109 cm³/mol. The van der Waals surface area contributed by atoms with Crippen molar-refractivity contribution in [3.05, 3.63) is 70.6 Å². The molecule has 0 amide bonds. The Morgan fingerprint density at radius 1 is 1.17 bits per heavy atom. The van der Waals surface area contributed by atoms with Gasteiger partial charge in [0.25, 0.3) is 0 Å². The van der Waals surface area contributed by atoms with E-state index in [2.05, 4.69) is 9.89 Å². The molecular formula is C23H25F3N2O2. The van der Waals surface area contributed by atoms with Gasteiger partial charge in [0.15, 0.2) is 0 Å². The van der Waals surface area contributed by atoms with E-state index in [-0.39, 0.29) is 11.7 Å². The van der Waals surface area contributed by atoms with Gasteiger partial charge in [0.1, 0.15) is 5.76 Å². The summed E-state index contributed by atoms with van der Waals surface area (Å²) >= 11 is 0. The van der Waals surface area contributed by atoms with Gasteiger partial charge in [-0.05, 0) is 67.6 Å². The third-order valence-corrected chi connectivity index (χ3v) is 5.72. The second kappa shape index (κ2) is 8.68. The lowest BCUT2D eigenvalue weighted by Crippen LogP contribution is -2.31. The molecule has 0 saturated heterocycles. The number of hydrogen-bond donors (Lipinski definition) is 1. The van der Waals surface area contributed by atoms with E-state index in [1.807, 2.05) is 18.2 Å². The van der Waals surface area contributed by atoms with E-state index in [4.69, 9.17) is 4.74 Å². The fourth-order valence-electron chi connectivity index (χ4n) is 4.05. The zero-order valence-electron chi connectivity index (χ0n) is 16.7. The molecule has 1 aromatic carbocycles. The first-order valence-corrected chi connectivity index (χ1v) is 10.3. The van der Waals surface area contributed by atoms with E-state index in [0.29, 0.717) is 31.2 Å². The normalized spacial score (nSPS) is 21.3. The molecule has 0 fully saturated rings. The van der Waals surface area contributed by atoms with E-state index in [9.17, 15) is 18.3 Å². The molecule has 1 aliphatic carbocycles. The van der Waals surface area contributed by atoms with Crippen molar-refractivity contribution in [2.45, 2.75) is 38.4 Å². The summed E-state index contributed by atoms with van der Waals surface area (Å²) in [5.74, 6) is 0.844. The maximum Gasteiger partial charge on any atom is 0.416 e. The lowest BCUT2D eigenvalue weighted by molar-refractivity contribution is -0.137. The van der Waals surface area contributed by atoms with Gasteiger partial charge < -0.3 is 9.84 Å². The van der Waals surface area contributed by atoms with Crippen LogP contribution in [0.1, 0.15) is 36.0 Å². The van der Waals surface area contributed by atoms with Crippen LogP contribution in [0.4, 0.5) is 13.2 Å². The monoisotopic (exact) mass is 418 g/mol. The second-order valence-corrected chi connectivity index (χ2v) is 7.89. The number of hydrogen-bond acceptors (Lipinski definition) is 4. The van der Waals surface area contributed by atoms with Gasteiger partial charge in [-0.2, -0.15) is 13.2 Å². The van der Waals surface area contributed by atoms with Crippen LogP contribution in [-0.2, 0) is 23.9 Å². The Labute approximate surface area is 174 Å². The number of benzene rings is 1. The molecule has 0 aromatic heterocycles. The van der Waals surface area contributed by atoms with Crippen molar-refractivity contribution in [2.75, 3.05) is 19.7 Å². The number of unbranched alkanes of at least 4 members (excludes halogenated alkanes) is 1. The fraction of sp³-hybridized carbons (Fsp3) is 0.435. The minimum atomic E-state index is -4.28. The third-order valence-electron chi connectivity index (χ3n) is 5.72. The molecule has 4 rings (SSSR count). The standard InChI is InChI=1S/C23H25F3N2O2/c24-23(25,26)19-8-6-18-15-28(12-10-17(18)14-19)11-1-2-13-30-21-9-7-16-4-3-5-20(29)22(16)27-21/h3,5-9,14,16,29H,1-2,4,10-13,15H2. The van der Waals surface area contributed by atoms with Crippen LogP contribution in [0.15, 0.2) is 59.0 Å². The molecule has 160 valence electrons. The molecule has 30 heavy (non-hydrogen) atoms. The minimum Gasteiger partial charge on any atom is -0.506 e. The number of allylic oxidation sites excluding steroid dienone is 3. The van der Waals surface area contributed by atoms with Gasteiger partial charge in [-0.3, -0.25) is 4.90 Å². The first-order chi connectivity index (χ1) is 14.4. The molecule has 1 N–H and O–H groups in total. The van der Waals surface area contributed by atoms with Gasteiger partial charge in [-0.1, -0.05) is 18.2 Å². The van der Waals surface area contributed by atoms with Crippen molar-refractivity contribution in [1.82, 2.24) is 4.90 Å². The summed E-state index contributed by atoms with van der Waals surface area (Å²) in [6.07, 6.45) is 6.47. The SMILES string of the molecule is OC1=C2N=C(OCCCCN3CCc4cc(C(F)(F)F)ccc4C3)C=CC2CC=C1. The zero-order valence-corrected chi connectivity index (χ0v) is 16.7. The average Bonchev–Trinajstić information content (AvgIpc) is 2.73. The molecule has 1 atom stereocenters.